The van der Waals surface area contributed by atoms with Gasteiger partial charge in [-0.05, 0) is 18.8 Å². The molecule has 6 nitrogen and oxygen atoms in total. The van der Waals surface area contributed by atoms with E-state index in [-0.39, 0.29) is 37.0 Å². The fourth-order valence-electron chi connectivity index (χ4n) is 3.61. The van der Waals surface area contributed by atoms with Crippen molar-refractivity contribution in [3.8, 4) is 0 Å². The normalized spacial score (nSPS) is 25.4. The van der Waals surface area contributed by atoms with Gasteiger partial charge in [0.05, 0.1) is 31.8 Å². The van der Waals surface area contributed by atoms with Gasteiger partial charge in [0.2, 0.25) is 11.8 Å². The second-order valence-corrected chi connectivity index (χ2v) is 6.88. The van der Waals surface area contributed by atoms with Crippen molar-refractivity contribution in [2.45, 2.75) is 51.7 Å². The summed E-state index contributed by atoms with van der Waals surface area (Å²) in [6.07, 6.45) is 4.61. The number of nitrogens with zero attached hydrogens (tertiary/aromatic N) is 2. The molecule has 0 bridgehead atoms. The number of fused-ring (bicyclic) bond motifs is 1. The van der Waals surface area contributed by atoms with Crippen molar-refractivity contribution in [1.29, 1.82) is 0 Å². The molecule has 0 radical (unpaired) electrons. The van der Waals surface area contributed by atoms with Gasteiger partial charge in [-0.1, -0.05) is 26.7 Å². The molecule has 0 spiro atoms. The summed E-state index contributed by atoms with van der Waals surface area (Å²) in [6.45, 7) is 6.54. The third kappa shape index (κ3) is 4.68. The van der Waals surface area contributed by atoms with Crippen LogP contribution in [0.3, 0.4) is 0 Å². The van der Waals surface area contributed by atoms with E-state index in [0.717, 1.165) is 19.3 Å². The van der Waals surface area contributed by atoms with Crippen LogP contribution in [0.5, 0.6) is 0 Å². The molecule has 2 rings (SSSR count). The summed E-state index contributed by atoms with van der Waals surface area (Å²) in [4.78, 5) is 27.8. The summed E-state index contributed by atoms with van der Waals surface area (Å²) in [5, 5.41) is 0. The molecular weight excluding hydrogens is 282 g/mol. The van der Waals surface area contributed by atoms with Gasteiger partial charge in [0.1, 0.15) is 0 Å². The van der Waals surface area contributed by atoms with E-state index >= 15 is 0 Å². The van der Waals surface area contributed by atoms with E-state index in [1.807, 2.05) is 9.80 Å². The van der Waals surface area contributed by atoms with E-state index in [9.17, 15) is 9.59 Å². The Balaban J connectivity index is 1.97. The molecule has 6 heteroatoms. The van der Waals surface area contributed by atoms with Crippen LogP contribution in [0.4, 0.5) is 0 Å². The van der Waals surface area contributed by atoms with Gasteiger partial charge >= 0.3 is 0 Å². The van der Waals surface area contributed by atoms with Crippen molar-refractivity contribution in [3.63, 3.8) is 0 Å². The van der Waals surface area contributed by atoms with Crippen LogP contribution < -0.4 is 5.73 Å². The number of amides is 2. The molecule has 1 saturated heterocycles. The Morgan fingerprint density at radius 3 is 2.68 bits per heavy atom. The Morgan fingerprint density at radius 2 is 2.00 bits per heavy atom. The lowest BCUT2D eigenvalue weighted by Gasteiger charge is -2.44. The van der Waals surface area contributed by atoms with Crippen LogP contribution in [0.25, 0.3) is 0 Å². The summed E-state index contributed by atoms with van der Waals surface area (Å²) in [6, 6.07) is 0.212. The number of hydrogen-bond donors (Lipinski definition) is 1. The molecule has 2 amide bonds. The number of carbonyl (C=O) groups is 2. The van der Waals surface area contributed by atoms with Gasteiger partial charge in [-0.2, -0.15) is 0 Å². The molecule has 2 fully saturated rings. The highest BCUT2D eigenvalue weighted by Gasteiger charge is 2.36. The lowest BCUT2D eigenvalue weighted by atomic mass is 9.90. The molecule has 126 valence electrons. The van der Waals surface area contributed by atoms with Crippen molar-refractivity contribution in [2.75, 3.05) is 32.8 Å². The molecule has 2 aliphatic rings. The Kier molecular flexibility index (Phi) is 6.20. The predicted molar refractivity (Wildman–Crippen MR) is 84.2 cm³/mol. The third-order valence-corrected chi connectivity index (χ3v) is 4.41. The van der Waals surface area contributed by atoms with Gasteiger partial charge in [-0.25, -0.2) is 0 Å². The Hall–Kier alpha value is -1.14. The molecule has 1 saturated carbocycles. The number of nitrogens with two attached hydrogens (primary N) is 1. The monoisotopic (exact) mass is 311 g/mol. The highest BCUT2D eigenvalue weighted by molar-refractivity contribution is 5.80. The number of morpholine rings is 1. The quantitative estimate of drug-likeness (QED) is 0.779. The number of hydrogen-bond acceptors (Lipinski definition) is 4. The molecule has 22 heavy (non-hydrogen) atoms. The van der Waals surface area contributed by atoms with Crippen molar-refractivity contribution in [3.05, 3.63) is 0 Å². The van der Waals surface area contributed by atoms with Crippen LogP contribution in [0.1, 0.15) is 39.5 Å². The van der Waals surface area contributed by atoms with Crippen molar-refractivity contribution in [1.82, 2.24) is 9.80 Å². The average molecular weight is 311 g/mol. The van der Waals surface area contributed by atoms with Crippen LogP contribution in [0.15, 0.2) is 0 Å². The molecule has 1 aliphatic carbocycles. The number of rotatable bonds is 6. The summed E-state index contributed by atoms with van der Waals surface area (Å²) in [5.41, 5.74) is 5.30. The SMILES string of the molecule is CC(C)CN(CC(N)=O)CC(=O)N1CCO[C@@H]2CCCC[C@H]21. The third-order valence-electron chi connectivity index (χ3n) is 4.41. The molecule has 1 heterocycles. The molecule has 2 atom stereocenters. The van der Waals surface area contributed by atoms with Crippen LogP contribution in [0, 0.1) is 5.92 Å². The van der Waals surface area contributed by atoms with E-state index in [2.05, 4.69) is 13.8 Å². The van der Waals surface area contributed by atoms with E-state index in [1.54, 1.807) is 0 Å². The van der Waals surface area contributed by atoms with Crippen molar-refractivity contribution < 1.29 is 14.3 Å². The first-order valence-corrected chi connectivity index (χ1v) is 8.39. The van der Waals surface area contributed by atoms with E-state index in [1.165, 1.54) is 6.42 Å². The maximum absolute atomic E-state index is 12.7. The molecule has 0 aromatic heterocycles. The number of carbonyl (C=O) groups excluding carboxylic acids is 2. The second-order valence-electron chi connectivity index (χ2n) is 6.88. The van der Waals surface area contributed by atoms with Crippen molar-refractivity contribution >= 4 is 11.8 Å². The maximum atomic E-state index is 12.7. The van der Waals surface area contributed by atoms with Crippen molar-refractivity contribution in [2.24, 2.45) is 11.7 Å². The fraction of sp³-hybridized carbons (Fsp3) is 0.875. The second kappa shape index (κ2) is 7.92. The predicted octanol–water partition coefficient (Wildman–Crippen LogP) is 0.600. The highest BCUT2D eigenvalue weighted by atomic mass is 16.5. The molecule has 0 unspecified atom stereocenters. The minimum Gasteiger partial charge on any atom is -0.374 e. The zero-order chi connectivity index (χ0) is 16.1. The van der Waals surface area contributed by atoms with Gasteiger partial charge in [0.25, 0.3) is 0 Å². The fourth-order valence-corrected chi connectivity index (χ4v) is 3.61. The first kappa shape index (κ1) is 17.2. The lowest BCUT2D eigenvalue weighted by molar-refractivity contribution is -0.150. The Morgan fingerprint density at radius 1 is 1.27 bits per heavy atom. The summed E-state index contributed by atoms with van der Waals surface area (Å²) >= 11 is 0. The van der Waals surface area contributed by atoms with Crippen LogP contribution >= 0.6 is 0 Å². The van der Waals surface area contributed by atoms with Crippen LogP contribution in [-0.4, -0.2) is 66.5 Å². The van der Waals surface area contributed by atoms with Gasteiger partial charge in [0.15, 0.2) is 0 Å². The highest BCUT2D eigenvalue weighted by Crippen LogP contribution is 2.28. The first-order chi connectivity index (χ1) is 10.5. The smallest absolute Gasteiger partial charge is 0.237 e. The van der Waals surface area contributed by atoms with Gasteiger partial charge in [-0.15, -0.1) is 0 Å². The molecule has 0 aromatic carbocycles. The summed E-state index contributed by atoms with van der Waals surface area (Å²) in [5.74, 6) is 0.104. The zero-order valence-electron chi connectivity index (χ0n) is 13.8. The van der Waals surface area contributed by atoms with Gasteiger partial charge in [0, 0.05) is 13.1 Å². The van der Waals surface area contributed by atoms with E-state index in [0.29, 0.717) is 25.6 Å². The topological polar surface area (TPSA) is 75.9 Å². The number of ether oxygens (including phenoxy) is 1. The minimum atomic E-state index is -0.383. The summed E-state index contributed by atoms with van der Waals surface area (Å²) < 4.78 is 5.81. The summed E-state index contributed by atoms with van der Waals surface area (Å²) in [7, 11) is 0. The van der Waals surface area contributed by atoms with Gasteiger partial charge < -0.3 is 15.4 Å². The minimum absolute atomic E-state index is 0.0992. The Bertz CT molecular complexity index is 398. The maximum Gasteiger partial charge on any atom is 0.237 e. The van der Waals surface area contributed by atoms with E-state index in [4.69, 9.17) is 10.5 Å². The van der Waals surface area contributed by atoms with Crippen LogP contribution in [0.2, 0.25) is 0 Å². The largest absolute Gasteiger partial charge is 0.374 e. The molecule has 1 aliphatic heterocycles. The molecule has 2 N–H and O–H groups in total. The molecular formula is C16H29N3O3. The Labute approximate surface area is 132 Å². The van der Waals surface area contributed by atoms with Gasteiger partial charge in [-0.3, -0.25) is 14.5 Å². The van der Waals surface area contributed by atoms with E-state index < -0.39 is 0 Å². The standard InChI is InChI=1S/C16H29N3O3/c1-12(2)9-18(10-15(17)20)11-16(21)19-7-8-22-14-6-4-3-5-13(14)19/h12-14H,3-11H2,1-2H3,(H2,17,20)/t13-,14-/m1/s1. The number of primary amides is 1. The average Bonchev–Trinajstić information content (AvgIpc) is 2.45. The first-order valence-electron chi connectivity index (χ1n) is 8.39. The zero-order valence-corrected chi connectivity index (χ0v) is 13.8. The molecule has 0 aromatic rings. The van der Waals surface area contributed by atoms with Crippen LogP contribution in [-0.2, 0) is 14.3 Å². The lowest BCUT2D eigenvalue weighted by Crippen LogP contribution is -2.57.